The van der Waals surface area contributed by atoms with Crippen LogP contribution in [0.5, 0.6) is 0 Å². The van der Waals surface area contributed by atoms with Gasteiger partial charge in [-0.2, -0.15) is 13.2 Å². The van der Waals surface area contributed by atoms with Crippen molar-refractivity contribution in [3.05, 3.63) is 123 Å². The lowest BCUT2D eigenvalue weighted by atomic mass is 9.95. The van der Waals surface area contributed by atoms with Crippen LogP contribution in [0.15, 0.2) is 105 Å². The number of unbranched alkanes of at least 4 members (excludes halogenated alkanes) is 1. The highest BCUT2D eigenvalue weighted by atomic mass is 19.4. The number of benzene rings is 5. The molecule has 0 spiro atoms. The molecule has 2 aromatic heterocycles. The van der Waals surface area contributed by atoms with E-state index in [1.165, 1.54) is 16.7 Å². The van der Waals surface area contributed by atoms with Crippen molar-refractivity contribution >= 4 is 49.5 Å². The predicted octanol–water partition coefficient (Wildman–Crippen LogP) is 9.19. The Labute approximate surface area is 272 Å². The van der Waals surface area contributed by atoms with Crippen LogP contribution >= 0.6 is 0 Å². The summed E-state index contributed by atoms with van der Waals surface area (Å²) in [6.07, 6.45) is -1.01. The van der Waals surface area contributed by atoms with Crippen LogP contribution in [0.2, 0.25) is 0 Å². The third-order valence-corrected chi connectivity index (χ3v) is 8.83. The molecule has 5 aromatic carbocycles. The number of hydrogen-bond donors (Lipinski definition) is 0. The number of ether oxygens (including phenoxy) is 1. The van der Waals surface area contributed by atoms with Gasteiger partial charge in [-0.25, -0.2) is 4.57 Å². The maximum atomic E-state index is 13.9. The maximum Gasteiger partial charge on any atom is 0.416 e. The molecule has 0 radical (unpaired) electrons. The van der Waals surface area contributed by atoms with Crippen LogP contribution in [0.3, 0.4) is 0 Å². The lowest BCUT2D eigenvalue weighted by Gasteiger charge is -2.15. The summed E-state index contributed by atoms with van der Waals surface area (Å²) in [4.78, 5) is 39.7. The van der Waals surface area contributed by atoms with Gasteiger partial charge in [0.25, 0.3) is 11.1 Å². The van der Waals surface area contributed by atoms with Gasteiger partial charge in [0.1, 0.15) is 11.2 Å². The van der Waals surface area contributed by atoms with Crippen LogP contribution < -0.4 is 11.1 Å². The van der Waals surface area contributed by atoms with Crippen molar-refractivity contribution in [3.63, 3.8) is 0 Å². The summed E-state index contributed by atoms with van der Waals surface area (Å²) in [7, 11) is 0. The molecule has 2 heterocycles. The number of pyridine rings is 1. The van der Waals surface area contributed by atoms with Crippen molar-refractivity contribution in [2.75, 3.05) is 6.61 Å². The average Bonchev–Trinajstić information content (AvgIpc) is 3.08. The van der Waals surface area contributed by atoms with Gasteiger partial charge < -0.3 is 9.15 Å². The molecule has 0 amide bonds. The Kier molecular flexibility index (Phi) is 7.99. The average molecular weight is 650 g/mol. The van der Waals surface area contributed by atoms with Crippen molar-refractivity contribution in [1.82, 2.24) is 4.57 Å². The first-order valence-electron chi connectivity index (χ1n) is 15.9. The number of aryl methyl sites for hydroxylation is 1. The molecule has 7 rings (SSSR count). The van der Waals surface area contributed by atoms with E-state index in [9.17, 15) is 27.6 Å². The Morgan fingerprint density at radius 3 is 2.06 bits per heavy atom. The van der Waals surface area contributed by atoms with Crippen LogP contribution in [0, 0.1) is 0 Å². The number of carbonyl (C=O) groups excluding carboxylic acids is 1. The van der Waals surface area contributed by atoms with E-state index in [1.54, 1.807) is 42.5 Å². The third-order valence-electron chi connectivity index (χ3n) is 8.83. The van der Waals surface area contributed by atoms with Gasteiger partial charge in [0.05, 0.1) is 17.9 Å². The van der Waals surface area contributed by atoms with Crippen LogP contribution in [-0.2, 0) is 22.1 Å². The second kappa shape index (κ2) is 12.3. The lowest BCUT2D eigenvalue weighted by molar-refractivity contribution is -0.143. The van der Waals surface area contributed by atoms with Crippen molar-refractivity contribution in [2.45, 2.75) is 45.2 Å². The van der Waals surface area contributed by atoms with Crippen molar-refractivity contribution < 1.29 is 27.1 Å². The van der Waals surface area contributed by atoms with E-state index >= 15 is 0 Å². The molecule has 0 saturated heterocycles. The van der Waals surface area contributed by atoms with Crippen LogP contribution in [-0.4, -0.2) is 17.1 Å². The minimum Gasteiger partial charge on any atom is -0.466 e. The molecule has 0 saturated carbocycles. The fourth-order valence-electron chi connectivity index (χ4n) is 6.33. The van der Waals surface area contributed by atoms with E-state index in [2.05, 4.69) is 0 Å². The number of hydrogen-bond acceptors (Lipinski definition) is 5. The third kappa shape index (κ3) is 5.59. The van der Waals surface area contributed by atoms with E-state index in [0.717, 1.165) is 35.9 Å². The molecule has 0 atom stereocenters. The largest absolute Gasteiger partial charge is 0.466 e. The first-order valence-corrected chi connectivity index (χ1v) is 15.9. The zero-order chi connectivity index (χ0) is 33.6. The van der Waals surface area contributed by atoms with Gasteiger partial charge in [-0.05, 0) is 95.9 Å². The Morgan fingerprint density at radius 1 is 0.729 bits per heavy atom. The van der Waals surface area contributed by atoms with E-state index in [4.69, 9.17) is 9.15 Å². The fourth-order valence-corrected chi connectivity index (χ4v) is 6.33. The monoisotopic (exact) mass is 649 g/mol. The molecule has 9 heteroatoms. The summed E-state index contributed by atoms with van der Waals surface area (Å²) < 4.78 is 52.0. The van der Waals surface area contributed by atoms with Gasteiger partial charge in [0.15, 0.2) is 0 Å². The van der Waals surface area contributed by atoms with E-state index < -0.39 is 22.9 Å². The number of aromatic nitrogens is 1. The fraction of sp³-hybridized carbons (Fsp3) is 0.205. The molecule has 7 aromatic rings. The Balaban J connectivity index is 1.25. The number of fused-ring (bicyclic) bond motifs is 2. The molecule has 0 bridgehead atoms. The van der Waals surface area contributed by atoms with Gasteiger partial charge in [-0.1, -0.05) is 49.7 Å². The van der Waals surface area contributed by atoms with Crippen LogP contribution in [0.4, 0.5) is 13.2 Å². The number of rotatable bonds is 9. The number of nitrogens with zero attached hydrogens (tertiary/aromatic N) is 1. The van der Waals surface area contributed by atoms with Crippen molar-refractivity contribution in [3.8, 4) is 16.8 Å². The second-order valence-corrected chi connectivity index (χ2v) is 11.9. The second-order valence-electron chi connectivity index (χ2n) is 11.9. The standard InChI is InChI=1S/C39H30F3NO5/c1-2-3-21-47-34(44)6-4-5-23-7-14-27(15-8-23)43-37(45)29-17-16-28-31-22-25(24-9-12-26(13-10-24)39(40,41)42)11-19-32(31)48-33-20-18-30(38(43)46)35(29)36(28)33/h7-20,22H,2-6,21H2,1H3. The van der Waals surface area contributed by atoms with Crippen LogP contribution in [0.25, 0.3) is 60.3 Å². The van der Waals surface area contributed by atoms with Crippen LogP contribution in [0.1, 0.15) is 43.7 Å². The SMILES string of the molecule is CCCCOC(=O)CCCc1ccc(-n2c(=O)c3ccc4oc5ccc(-c6ccc(C(F)(F)F)cc6)cc5c5ccc(c2=O)c3c45)cc1. The zero-order valence-electron chi connectivity index (χ0n) is 26.0. The van der Waals surface area contributed by atoms with Gasteiger partial charge in [0.2, 0.25) is 0 Å². The van der Waals surface area contributed by atoms with Gasteiger partial charge >= 0.3 is 12.1 Å². The summed E-state index contributed by atoms with van der Waals surface area (Å²) >= 11 is 0. The molecule has 0 aliphatic rings. The molecular formula is C39H30F3NO5. The molecule has 0 N–H and O–H groups in total. The number of carbonyl (C=O) groups is 1. The number of halogens is 3. The van der Waals surface area contributed by atoms with Gasteiger partial charge in [-0.15, -0.1) is 0 Å². The molecule has 0 fully saturated rings. The van der Waals surface area contributed by atoms with Gasteiger partial charge in [0, 0.05) is 33.4 Å². The molecule has 6 nitrogen and oxygen atoms in total. The number of esters is 1. The van der Waals surface area contributed by atoms with E-state index in [-0.39, 0.29) is 5.97 Å². The highest BCUT2D eigenvalue weighted by Gasteiger charge is 2.30. The first-order chi connectivity index (χ1) is 23.1. The van der Waals surface area contributed by atoms with Gasteiger partial charge in [-0.3, -0.25) is 14.4 Å². The zero-order valence-corrected chi connectivity index (χ0v) is 26.0. The highest BCUT2D eigenvalue weighted by Crippen LogP contribution is 2.39. The summed E-state index contributed by atoms with van der Waals surface area (Å²) in [6.45, 7) is 2.48. The number of alkyl halides is 3. The summed E-state index contributed by atoms with van der Waals surface area (Å²) in [5.41, 5.74) is 2.15. The summed E-state index contributed by atoms with van der Waals surface area (Å²) in [5.74, 6) is -0.211. The molecule has 0 aliphatic heterocycles. The van der Waals surface area contributed by atoms with Crippen molar-refractivity contribution in [1.29, 1.82) is 0 Å². The minimum absolute atomic E-state index is 0.211. The smallest absolute Gasteiger partial charge is 0.416 e. The molecule has 48 heavy (non-hydrogen) atoms. The predicted molar refractivity (Wildman–Crippen MR) is 181 cm³/mol. The first kappa shape index (κ1) is 31.2. The minimum atomic E-state index is -4.43. The van der Waals surface area contributed by atoms with E-state index in [1.807, 2.05) is 31.2 Å². The topological polar surface area (TPSA) is 78.5 Å². The Hall–Kier alpha value is -5.44. The maximum absolute atomic E-state index is 13.9. The van der Waals surface area contributed by atoms with Crippen molar-refractivity contribution in [2.24, 2.45) is 0 Å². The van der Waals surface area contributed by atoms with E-state index in [0.29, 0.717) is 80.8 Å². The quantitative estimate of drug-likeness (QED) is 0.0675. The normalized spacial score (nSPS) is 12.1. The molecular weight excluding hydrogens is 619 g/mol. The molecule has 0 aliphatic carbocycles. The summed E-state index contributed by atoms with van der Waals surface area (Å²) in [5, 5.41) is 3.32. The Morgan fingerprint density at radius 2 is 1.38 bits per heavy atom. The molecule has 242 valence electrons. The summed E-state index contributed by atoms with van der Waals surface area (Å²) in [6, 6.07) is 24.5. The highest BCUT2D eigenvalue weighted by molar-refractivity contribution is 6.26. The Bertz CT molecular complexity index is 2390. The lowest BCUT2D eigenvalue weighted by Crippen LogP contribution is -2.31. The molecule has 0 unspecified atom stereocenters.